The minimum absolute atomic E-state index is 0.754. The molecular formula is C19H29NO2. The third-order valence-corrected chi connectivity index (χ3v) is 5.44. The summed E-state index contributed by atoms with van der Waals surface area (Å²) >= 11 is 0. The third kappa shape index (κ3) is 2.60. The minimum atomic E-state index is 0.754. The number of methoxy groups -OCH3 is 2. The molecule has 1 aliphatic heterocycles. The quantitative estimate of drug-likeness (QED) is 0.829. The van der Waals surface area contributed by atoms with Gasteiger partial charge in [-0.25, -0.2) is 0 Å². The average Bonchev–Trinajstić information content (AvgIpc) is 3.02. The molecule has 1 unspecified atom stereocenters. The molecule has 1 heterocycles. The lowest BCUT2D eigenvalue weighted by molar-refractivity contribution is 0.212. The molecule has 3 rings (SSSR count). The van der Waals surface area contributed by atoms with Crippen molar-refractivity contribution in [3.8, 4) is 11.5 Å². The second-order valence-electron chi connectivity index (χ2n) is 6.83. The molecule has 0 N–H and O–H groups in total. The highest BCUT2D eigenvalue weighted by Crippen LogP contribution is 2.45. The van der Waals surface area contributed by atoms with Gasteiger partial charge in [-0.2, -0.15) is 0 Å². The normalized spacial score (nSPS) is 18.7. The molecule has 1 aliphatic carbocycles. The Balaban J connectivity index is 1.99. The fraction of sp³-hybridized carbons (Fsp3) is 0.684. The predicted octanol–water partition coefficient (Wildman–Crippen LogP) is 3.60. The van der Waals surface area contributed by atoms with Crippen molar-refractivity contribution in [2.24, 2.45) is 5.92 Å². The van der Waals surface area contributed by atoms with Crippen LogP contribution >= 0.6 is 0 Å². The van der Waals surface area contributed by atoms with Crippen LogP contribution in [0.4, 0.5) is 0 Å². The van der Waals surface area contributed by atoms with Gasteiger partial charge in [0.2, 0.25) is 0 Å². The Bertz CT molecular complexity index is 553. The maximum absolute atomic E-state index is 5.79. The van der Waals surface area contributed by atoms with Crippen LogP contribution in [0, 0.1) is 5.92 Å². The van der Waals surface area contributed by atoms with Crippen molar-refractivity contribution < 1.29 is 9.47 Å². The van der Waals surface area contributed by atoms with Gasteiger partial charge in [0.15, 0.2) is 11.5 Å². The van der Waals surface area contributed by atoms with Gasteiger partial charge >= 0.3 is 0 Å². The van der Waals surface area contributed by atoms with Gasteiger partial charge < -0.3 is 9.47 Å². The number of benzene rings is 1. The lowest BCUT2D eigenvalue weighted by atomic mass is 9.90. The summed E-state index contributed by atoms with van der Waals surface area (Å²) in [4.78, 5) is 2.58. The summed E-state index contributed by atoms with van der Waals surface area (Å²) < 4.78 is 11.5. The van der Waals surface area contributed by atoms with Crippen LogP contribution in [0.2, 0.25) is 0 Å². The maximum Gasteiger partial charge on any atom is 0.165 e. The van der Waals surface area contributed by atoms with E-state index in [2.05, 4.69) is 18.7 Å². The fourth-order valence-corrected chi connectivity index (χ4v) is 4.12. The van der Waals surface area contributed by atoms with Gasteiger partial charge in [0.1, 0.15) is 0 Å². The first-order chi connectivity index (χ1) is 10.7. The van der Waals surface area contributed by atoms with Gasteiger partial charge in [-0.1, -0.05) is 20.3 Å². The predicted molar refractivity (Wildman–Crippen MR) is 90.0 cm³/mol. The van der Waals surface area contributed by atoms with E-state index in [4.69, 9.17) is 9.47 Å². The van der Waals surface area contributed by atoms with Crippen molar-refractivity contribution >= 4 is 0 Å². The van der Waals surface area contributed by atoms with Crippen LogP contribution in [0.15, 0.2) is 0 Å². The van der Waals surface area contributed by atoms with Crippen LogP contribution in [-0.2, 0) is 25.8 Å². The lowest BCUT2D eigenvalue weighted by Gasteiger charge is -2.33. The molecule has 0 amide bonds. The summed E-state index contributed by atoms with van der Waals surface area (Å²) in [6.07, 6.45) is 6.01. The minimum Gasteiger partial charge on any atom is -0.493 e. The van der Waals surface area contributed by atoms with Gasteiger partial charge in [-0.3, -0.25) is 4.90 Å². The van der Waals surface area contributed by atoms with Gasteiger partial charge in [-0.15, -0.1) is 0 Å². The van der Waals surface area contributed by atoms with Gasteiger partial charge in [0, 0.05) is 30.8 Å². The second kappa shape index (κ2) is 6.49. The lowest BCUT2D eigenvalue weighted by Crippen LogP contribution is -2.34. The molecule has 0 bridgehead atoms. The Labute approximate surface area is 134 Å². The molecule has 3 heteroatoms. The molecule has 0 saturated heterocycles. The van der Waals surface area contributed by atoms with E-state index >= 15 is 0 Å². The molecule has 2 aliphatic rings. The zero-order valence-corrected chi connectivity index (χ0v) is 14.5. The van der Waals surface area contributed by atoms with Crippen molar-refractivity contribution in [3.05, 3.63) is 22.3 Å². The molecule has 0 radical (unpaired) electrons. The molecule has 3 nitrogen and oxygen atoms in total. The van der Waals surface area contributed by atoms with E-state index in [1.807, 2.05) is 0 Å². The summed E-state index contributed by atoms with van der Waals surface area (Å²) in [6.45, 7) is 7.99. The van der Waals surface area contributed by atoms with Crippen LogP contribution in [-0.4, -0.2) is 32.2 Å². The molecule has 0 spiro atoms. The molecule has 0 saturated carbocycles. The standard InChI is InChI=1S/C19H29NO2/c1-5-13(2)11-20-10-9-15-14-7-6-8-16(14)18(21-3)19(22-4)17(15)12-20/h13H,5-12H2,1-4H3. The topological polar surface area (TPSA) is 21.7 Å². The maximum atomic E-state index is 5.79. The first-order valence-corrected chi connectivity index (χ1v) is 8.69. The Morgan fingerprint density at radius 2 is 1.59 bits per heavy atom. The molecule has 0 fully saturated rings. The van der Waals surface area contributed by atoms with Crippen LogP contribution in [0.1, 0.15) is 48.9 Å². The number of ether oxygens (including phenoxy) is 2. The van der Waals surface area contributed by atoms with E-state index in [0.717, 1.165) is 36.8 Å². The number of fused-ring (bicyclic) bond motifs is 3. The van der Waals surface area contributed by atoms with Gasteiger partial charge in [0.25, 0.3) is 0 Å². The number of nitrogens with zero attached hydrogens (tertiary/aromatic N) is 1. The molecule has 1 aromatic carbocycles. The Kier molecular flexibility index (Phi) is 4.62. The van der Waals surface area contributed by atoms with Crippen molar-refractivity contribution in [3.63, 3.8) is 0 Å². The first kappa shape index (κ1) is 15.7. The zero-order chi connectivity index (χ0) is 15.7. The summed E-state index contributed by atoms with van der Waals surface area (Å²) in [6, 6.07) is 0. The van der Waals surface area contributed by atoms with E-state index < -0.39 is 0 Å². The van der Waals surface area contributed by atoms with Crippen molar-refractivity contribution in [2.75, 3.05) is 27.3 Å². The summed E-state index contributed by atoms with van der Waals surface area (Å²) in [5.74, 6) is 2.75. The number of hydrogen-bond acceptors (Lipinski definition) is 3. The highest BCUT2D eigenvalue weighted by Gasteiger charge is 2.31. The first-order valence-electron chi connectivity index (χ1n) is 8.69. The van der Waals surface area contributed by atoms with Crippen LogP contribution < -0.4 is 9.47 Å². The molecular weight excluding hydrogens is 274 g/mol. The van der Waals surface area contributed by atoms with Crippen molar-refractivity contribution in [1.82, 2.24) is 4.90 Å². The molecule has 22 heavy (non-hydrogen) atoms. The van der Waals surface area contributed by atoms with Gasteiger partial charge in [0.05, 0.1) is 14.2 Å². The molecule has 1 aromatic rings. The molecule has 1 atom stereocenters. The van der Waals surface area contributed by atoms with E-state index in [-0.39, 0.29) is 0 Å². The van der Waals surface area contributed by atoms with Crippen molar-refractivity contribution in [2.45, 2.75) is 52.5 Å². The average molecular weight is 303 g/mol. The third-order valence-electron chi connectivity index (χ3n) is 5.44. The van der Waals surface area contributed by atoms with Crippen LogP contribution in [0.3, 0.4) is 0 Å². The van der Waals surface area contributed by atoms with Crippen molar-refractivity contribution in [1.29, 1.82) is 0 Å². The van der Waals surface area contributed by atoms with E-state index in [1.165, 1.54) is 43.5 Å². The van der Waals surface area contributed by atoms with E-state index in [9.17, 15) is 0 Å². The summed E-state index contributed by atoms with van der Waals surface area (Å²) in [5, 5.41) is 0. The monoisotopic (exact) mass is 303 g/mol. The van der Waals surface area contributed by atoms with Crippen LogP contribution in [0.25, 0.3) is 0 Å². The largest absolute Gasteiger partial charge is 0.493 e. The second-order valence-corrected chi connectivity index (χ2v) is 6.83. The van der Waals surface area contributed by atoms with Crippen LogP contribution in [0.5, 0.6) is 11.5 Å². The highest BCUT2D eigenvalue weighted by molar-refractivity contribution is 5.62. The number of rotatable bonds is 5. The zero-order valence-electron chi connectivity index (χ0n) is 14.5. The number of hydrogen-bond donors (Lipinski definition) is 0. The van der Waals surface area contributed by atoms with Gasteiger partial charge in [-0.05, 0) is 42.7 Å². The molecule has 0 aromatic heterocycles. The Morgan fingerprint density at radius 1 is 0.955 bits per heavy atom. The van der Waals surface area contributed by atoms with E-state index in [0.29, 0.717) is 0 Å². The van der Waals surface area contributed by atoms with E-state index in [1.54, 1.807) is 25.3 Å². The Hall–Kier alpha value is -1.22. The molecule has 122 valence electrons. The highest BCUT2D eigenvalue weighted by atomic mass is 16.5. The fourth-order valence-electron chi connectivity index (χ4n) is 4.12. The SMILES string of the molecule is CCC(C)CN1CCc2c3c(c(OC)c(OC)c2C1)CCC3. The Morgan fingerprint density at radius 3 is 2.27 bits per heavy atom. The summed E-state index contributed by atoms with van der Waals surface area (Å²) in [7, 11) is 3.57. The smallest absolute Gasteiger partial charge is 0.165 e. The summed E-state index contributed by atoms with van der Waals surface area (Å²) in [5.41, 5.74) is 5.92.